The first-order valence-corrected chi connectivity index (χ1v) is 13.0. The Morgan fingerprint density at radius 1 is 0.973 bits per heavy atom. The van der Waals surface area contributed by atoms with Gasteiger partial charge in [-0.2, -0.15) is 0 Å². The molecule has 194 valence electrons. The van der Waals surface area contributed by atoms with Crippen LogP contribution in [0.4, 0.5) is 10.5 Å². The zero-order valence-corrected chi connectivity index (χ0v) is 22.4. The van der Waals surface area contributed by atoms with Crippen LogP contribution >= 0.6 is 15.9 Å². The number of para-hydroxylation sites is 1. The number of halogens is 1. The van der Waals surface area contributed by atoms with Crippen molar-refractivity contribution in [3.05, 3.63) is 94.7 Å². The van der Waals surface area contributed by atoms with Crippen molar-refractivity contribution in [2.45, 2.75) is 32.9 Å². The Bertz CT molecular complexity index is 1180. The Morgan fingerprint density at radius 3 is 2.38 bits per heavy atom. The highest BCUT2D eigenvalue weighted by molar-refractivity contribution is 9.10. The number of aryl methyl sites for hydroxylation is 1. The van der Waals surface area contributed by atoms with E-state index in [4.69, 9.17) is 4.74 Å². The van der Waals surface area contributed by atoms with E-state index < -0.39 is 6.09 Å². The minimum absolute atomic E-state index is 0.0448. The number of benzene rings is 2. The van der Waals surface area contributed by atoms with Gasteiger partial charge in [0.25, 0.3) is 5.91 Å². The number of hydrogen-bond acceptors (Lipinski definition) is 4. The molecule has 37 heavy (non-hydrogen) atoms. The predicted molar refractivity (Wildman–Crippen MR) is 145 cm³/mol. The average Bonchev–Trinajstić information content (AvgIpc) is 2.91. The molecule has 1 aromatic heterocycles. The van der Waals surface area contributed by atoms with Crippen LogP contribution in [0, 0.1) is 0 Å². The van der Waals surface area contributed by atoms with Crippen molar-refractivity contribution in [3.8, 4) is 0 Å². The second kappa shape index (κ2) is 14.7. The number of amides is 3. The number of anilines is 1. The normalized spacial score (nSPS) is 10.4. The monoisotopic (exact) mass is 567 g/mol. The molecule has 0 aliphatic carbocycles. The van der Waals surface area contributed by atoms with Gasteiger partial charge in [0.05, 0.1) is 11.0 Å². The van der Waals surface area contributed by atoms with Crippen molar-refractivity contribution < 1.29 is 23.7 Å². The zero-order chi connectivity index (χ0) is 26.5. The molecular weight excluding hydrogens is 536 g/mol. The molecule has 3 rings (SSSR count). The highest BCUT2D eigenvalue weighted by Crippen LogP contribution is 2.18. The van der Waals surface area contributed by atoms with E-state index in [-0.39, 0.29) is 37.9 Å². The van der Waals surface area contributed by atoms with E-state index in [0.29, 0.717) is 17.8 Å². The van der Waals surface area contributed by atoms with Crippen molar-refractivity contribution in [2.24, 2.45) is 0 Å². The molecule has 8 nitrogen and oxygen atoms in total. The van der Waals surface area contributed by atoms with Crippen LogP contribution in [0.1, 0.15) is 35.7 Å². The molecule has 0 atom stereocenters. The van der Waals surface area contributed by atoms with Crippen molar-refractivity contribution in [3.63, 3.8) is 0 Å². The lowest BCUT2D eigenvalue weighted by molar-refractivity contribution is -0.697. The largest absolute Gasteiger partial charge is 0.448 e. The van der Waals surface area contributed by atoms with Gasteiger partial charge >= 0.3 is 6.09 Å². The Balaban J connectivity index is 1.50. The molecule has 0 unspecified atom stereocenters. The number of aromatic nitrogens is 1. The third-order valence-electron chi connectivity index (χ3n) is 5.43. The van der Waals surface area contributed by atoms with E-state index in [0.717, 1.165) is 23.0 Å². The van der Waals surface area contributed by atoms with Crippen molar-refractivity contribution in [1.29, 1.82) is 0 Å². The number of hydrogen-bond donors (Lipinski definition) is 2. The first kappa shape index (κ1) is 27.9. The Morgan fingerprint density at radius 2 is 1.68 bits per heavy atom. The topological polar surface area (TPSA) is 91.6 Å². The summed E-state index contributed by atoms with van der Waals surface area (Å²) < 4.78 is 7.90. The fraction of sp³-hybridized carbons (Fsp3) is 0.286. The number of ether oxygens (including phenoxy) is 1. The highest BCUT2D eigenvalue weighted by Gasteiger charge is 2.22. The predicted octanol–water partition coefficient (Wildman–Crippen LogP) is 4.23. The van der Waals surface area contributed by atoms with E-state index >= 15 is 0 Å². The van der Waals surface area contributed by atoms with Crippen LogP contribution in [0.2, 0.25) is 0 Å². The van der Waals surface area contributed by atoms with Gasteiger partial charge in [-0.15, -0.1) is 0 Å². The Hall–Kier alpha value is -3.72. The number of nitrogens with one attached hydrogen (secondary N) is 2. The van der Waals surface area contributed by atoms with Gasteiger partial charge in [-0.1, -0.05) is 55.5 Å². The standard InChI is InChI=1S/C28H31BrN4O4/c1-2-15-32-20-23(18-24(29)21-32)27(35)33(25-11-7-4-8-12-25)16-13-26(34)30-14-17-37-28(36)31-19-22-9-5-3-6-10-22/h3-12,18,20-21H,2,13-17,19H2,1H3,(H-,30,31,34,36)/p+1. The molecule has 3 aromatic rings. The molecule has 0 saturated heterocycles. The molecule has 2 aromatic carbocycles. The minimum Gasteiger partial charge on any atom is -0.448 e. The summed E-state index contributed by atoms with van der Waals surface area (Å²) in [5, 5.41) is 5.40. The quantitative estimate of drug-likeness (QED) is 0.253. The third kappa shape index (κ3) is 9.34. The van der Waals surface area contributed by atoms with E-state index in [9.17, 15) is 14.4 Å². The van der Waals surface area contributed by atoms with Gasteiger partial charge in [0, 0.05) is 31.6 Å². The average molecular weight is 568 g/mol. The van der Waals surface area contributed by atoms with E-state index in [2.05, 4.69) is 33.5 Å². The SMILES string of the molecule is CCC[n+]1cc(Br)cc(C(=O)N(CCC(=O)NCCOC(=O)NCc2ccccc2)c2ccccc2)c1. The van der Waals surface area contributed by atoms with E-state index in [1.165, 1.54) is 0 Å². The van der Waals surface area contributed by atoms with Gasteiger partial charge in [-0.3, -0.25) is 9.59 Å². The van der Waals surface area contributed by atoms with Crippen molar-refractivity contribution in [1.82, 2.24) is 10.6 Å². The molecule has 0 saturated carbocycles. The van der Waals surface area contributed by atoms with Crippen LogP contribution < -0.4 is 20.1 Å². The molecule has 1 heterocycles. The molecule has 0 bridgehead atoms. The summed E-state index contributed by atoms with van der Waals surface area (Å²) in [6.45, 7) is 3.66. The zero-order valence-electron chi connectivity index (χ0n) is 20.9. The number of rotatable bonds is 12. The van der Waals surface area contributed by atoms with Crippen LogP contribution in [-0.4, -0.2) is 37.6 Å². The summed E-state index contributed by atoms with van der Waals surface area (Å²) in [6.07, 6.45) is 4.25. The van der Waals surface area contributed by atoms with Gasteiger partial charge in [0.1, 0.15) is 18.7 Å². The molecule has 9 heteroatoms. The molecule has 0 aliphatic heterocycles. The van der Waals surface area contributed by atoms with Crippen LogP contribution in [0.15, 0.2) is 83.6 Å². The van der Waals surface area contributed by atoms with Crippen LogP contribution in [0.3, 0.4) is 0 Å². The maximum Gasteiger partial charge on any atom is 0.407 e. The summed E-state index contributed by atoms with van der Waals surface area (Å²) in [5.41, 5.74) is 2.20. The number of alkyl carbamates (subject to hydrolysis) is 1. The molecule has 3 amide bonds. The van der Waals surface area contributed by atoms with Gasteiger partial charge in [0.15, 0.2) is 12.4 Å². The summed E-state index contributed by atoms with van der Waals surface area (Å²) >= 11 is 3.49. The molecule has 0 radical (unpaired) electrons. The molecule has 0 spiro atoms. The second-order valence-corrected chi connectivity index (χ2v) is 9.26. The fourth-order valence-corrected chi connectivity index (χ4v) is 4.18. The van der Waals surface area contributed by atoms with Crippen LogP contribution in [-0.2, 0) is 22.6 Å². The first-order valence-electron chi connectivity index (χ1n) is 12.2. The maximum absolute atomic E-state index is 13.5. The first-order chi connectivity index (χ1) is 18.0. The number of carbonyl (C=O) groups excluding carboxylic acids is 3. The fourth-order valence-electron chi connectivity index (χ4n) is 3.67. The smallest absolute Gasteiger partial charge is 0.407 e. The van der Waals surface area contributed by atoms with Gasteiger partial charge in [-0.25, -0.2) is 9.36 Å². The maximum atomic E-state index is 13.5. The minimum atomic E-state index is -0.548. The van der Waals surface area contributed by atoms with Crippen molar-refractivity contribution in [2.75, 3.05) is 24.6 Å². The summed E-state index contributed by atoms with van der Waals surface area (Å²) in [7, 11) is 0. The number of pyridine rings is 1. The van der Waals surface area contributed by atoms with Gasteiger partial charge in [0.2, 0.25) is 5.91 Å². The lowest BCUT2D eigenvalue weighted by Gasteiger charge is -2.22. The van der Waals surface area contributed by atoms with E-state index in [1.807, 2.05) is 77.6 Å². The lowest BCUT2D eigenvalue weighted by Crippen LogP contribution is -2.39. The second-order valence-electron chi connectivity index (χ2n) is 8.35. The molecule has 0 fully saturated rings. The summed E-state index contributed by atoms with van der Waals surface area (Å²) in [4.78, 5) is 39.4. The number of carbonyl (C=O) groups is 3. The molecule has 2 N–H and O–H groups in total. The van der Waals surface area contributed by atoms with Gasteiger partial charge in [-0.05, 0) is 39.7 Å². The van der Waals surface area contributed by atoms with Crippen LogP contribution in [0.25, 0.3) is 0 Å². The van der Waals surface area contributed by atoms with Gasteiger partial charge < -0.3 is 20.3 Å². The van der Waals surface area contributed by atoms with Crippen molar-refractivity contribution >= 4 is 39.5 Å². The Labute approximate surface area is 225 Å². The Kier molecular flexibility index (Phi) is 11.1. The summed E-state index contributed by atoms with van der Waals surface area (Å²) in [6, 6.07) is 20.6. The molecular formula is C28H32BrN4O4+. The number of nitrogens with zero attached hydrogens (tertiary/aromatic N) is 2. The van der Waals surface area contributed by atoms with E-state index in [1.54, 1.807) is 11.0 Å². The highest BCUT2D eigenvalue weighted by atomic mass is 79.9. The van der Waals surface area contributed by atoms with Crippen LogP contribution in [0.5, 0.6) is 0 Å². The molecule has 0 aliphatic rings. The summed E-state index contributed by atoms with van der Waals surface area (Å²) in [5.74, 6) is -0.430. The third-order valence-corrected chi connectivity index (χ3v) is 5.86. The lowest BCUT2D eigenvalue weighted by atomic mass is 10.2.